The van der Waals surface area contributed by atoms with Crippen molar-refractivity contribution in [2.45, 2.75) is 38.5 Å². The van der Waals surface area contributed by atoms with Crippen molar-refractivity contribution < 1.29 is 24.2 Å². The quantitative estimate of drug-likeness (QED) is 0.808. The molecule has 0 spiro atoms. The average Bonchev–Trinajstić information content (AvgIpc) is 2.84. The molecule has 2 aliphatic rings. The van der Waals surface area contributed by atoms with E-state index < -0.39 is 12.0 Å². The van der Waals surface area contributed by atoms with Gasteiger partial charge in [0.25, 0.3) is 0 Å². The molecule has 7 heteroatoms. The minimum absolute atomic E-state index is 0.114. The van der Waals surface area contributed by atoms with E-state index >= 15 is 0 Å². The van der Waals surface area contributed by atoms with Crippen LogP contribution >= 0.6 is 0 Å². The van der Waals surface area contributed by atoms with Crippen LogP contribution < -0.4 is 0 Å². The van der Waals surface area contributed by atoms with Gasteiger partial charge in [-0.25, -0.2) is 4.79 Å². The fourth-order valence-corrected chi connectivity index (χ4v) is 2.68. The lowest BCUT2D eigenvalue weighted by Crippen LogP contribution is -2.43. The molecule has 1 N–H and O–H groups in total. The number of amides is 1. The summed E-state index contributed by atoms with van der Waals surface area (Å²) in [5.74, 6) is -0.858. The van der Waals surface area contributed by atoms with Crippen molar-refractivity contribution >= 4 is 12.1 Å². The lowest BCUT2D eigenvalue weighted by atomic mass is 10.2. The zero-order valence-electron chi connectivity index (χ0n) is 11.9. The van der Waals surface area contributed by atoms with Crippen molar-refractivity contribution in [3.8, 4) is 0 Å². The maximum atomic E-state index is 12.0. The third kappa shape index (κ3) is 3.40. The van der Waals surface area contributed by atoms with Crippen molar-refractivity contribution in [2.24, 2.45) is 0 Å². The number of ether oxygens (including phenoxy) is 2. The molecule has 0 bridgehead atoms. The van der Waals surface area contributed by atoms with E-state index in [1.807, 2.05) is 18.7 Å². The van der Waals surface area contributed by atoms with Crippen molar-refractivity contribution in [3.63, 3.8) is 0 Å². The van der Waals surface area contributed by atoms with E-state index in [0.29, 0.717) is 39.3 Å². The second kappa shape index (κ2) is 6.41. The molecule has 1 amide bonds. The number of hydrogen-bond acceptors (Lipinski definition) is 5. The molecule has 20 heavy (non-hydrogen) atoms. The van der Waals surface area contributed by atoms with Crippen LogP contribution in [0.1, 0.15) is 20.3 Å². The predicted molar refractivity (Wildman–Crippen MR) is 70.5 cm³/mol. The Kier molecular flexibility index (Phi) is 4.82. The normalized spacial score (nSPS) is 27.9. The molecule has 0 aromatic carbocycles. The summed E-state index contributed by atoms with van der Waals surface area (Å²) in [5.41, 5.74) is 0. The minimum atomic E-state index is -0.858. The third-order valence-corrected chi connectivity index (χ3v) is 3.79. The molecule has 2 aliphatic heterocycles. The molecule has 0 aliphatic carbocycles. The highest BCUT2D eigenvalue weighted by molar-refractivity contribution is 5.74. The number of carbonyl (C=O) groups excluding carboxylic acids is 1. The Morgan fingerprint density at radius 2 is 1.95 bits per heavy atom. The number of carbonyl (C=O) groups is 2. The van der Waals surface area contributed by atoms with Crippen LogP contribution in [0.15, 0.2) is 0 Å². The number of likely N-dealkylation sites (tertiary alicyclic amines) is 1. The van der Waals surface area contributed by atoms with Gasteiger partial charge in [-0.05, 0) is 13.8 Å². The van der Waals surface area contributed by atoms with Crippen LogP contribution in [0.4, 0.5) is 4.79 Å². The molecule has 2 atom stereocenters. The second-order valence-electron chi connectivity index (χ2n) is 5.49. The zero-order chi connectivity index (χ0) is 14.7. The van der Waals surface area contributed by atoms with Gasteiger partial charge in [0.1, 0.15) is 12.1 Å². The van der Waals surface area contributed by atoms with E-state index in [4.69, 9.17) is 9.47 Å². The lowest BCUT2D eigenvalue weighted by molar-refractivity contribution is -0.142. The summed E-state index contributed by atoms with van der Waals surface area (Å²) in [5, 5.41) is 9.22. The molecule has 0 unspecified atom stereocenters. The molecule has 2 rings (SSSR count). The van der Waals surface area contributed by atoms with E-state index in [9.17, 15) is 14.7 Å². The highest BCUT2D eigenvalue weighted by Crippen LogP contribution is 2.23. The van der Waals surface area contributed by atoms with Gasteiger partial charge in [-0.2, -0.15) is 0 Å². The number of morpholine rings is 1. The summed E-state index contributed by atoms with van der Waals surface area (Å²) in [6, 6.07) is -0.458. The standard InChI is InChI=1S/C13H22N2O5/c1-9(2)15-8-10(7-11(15)12(16)17)20-13(18)14-3-5-19-6-4-14/h9-11H,3-8H2,1-2H3,(H,16,17)/t10-,11-/m0/s1. The van der Waals surface area contributed by atoms with E-state index in [1.165, 1.54) is 0 Å². The molecular weight excluding hydrogens is 264 g/mol. The Morgan fingerprint density at radius 1 is 1.30 bits per heavy atom. The van der Waals surface area contributed by atoms with E-state index in [1.54, 1.807) is 4.90 Å². The Balaban J connectivity index is 1.90. The maximum Gasteiger partial charge on any atom is 0.410 e. The van der Waals surface area contributed by atoms with Gasteiger partial charge < -0.3 is 19.5 Å². The summed E-state index contributed by atoms with van der Waals surface area (Å²) in [6.07, 6.45) is -0.370. The van der Waals surface area contributed by atoms with Crippen LogP contribution in [0.5, 0.6) is 0 Å². The van der Waals surface area contributed by atoms with Gasteiger partial charge in [0.2, 0.25) is 0 Å². The summed E-state index contributed by atoms with van der Waals surface area (Å²) >= 11 is 0. The summed E-state index contributed by atoms with van der Waals surface area (Å²) < 4.78 is 10.6. The number of hydrogen-bond donors (Lipinski definition) is 1. The van der Waals surface area contributed by atoms with E-state index in [2.05, 4.69) is 0 Å². The summed E-state index contributed by atoms with van der Waals surface area (Å²) in [6.45, 7) is 6.48. The van der Waals surface area contributed by atoms with Crippen LogP contribution in [0.25, 0.3) is 0 Å². The largest absolute Gasteiger partial charge is 0.480 e. The number of aliphatic carboxylic acids is 1. The van der Waals surface area contributed by atoms with Gasteiger partial charge >= 0.3 is 12.1 Å². The molecule has 0 aromatic rings. The van der Waals surface area contributed by atoms with Crippen LogP contribution in [-0.2, 0) is 14.3 Å². The van der Waals surface area contributed by atoms with Crippen LogP contribution in [-0.4, -0.2) is 78.0 Å². The SMILES string of the molecule is CC(C)N1C[C@@H](OC(=O)N2CCOCC2)C[C@H]1C(=O)O. The Morgan fingerprint density at radius 3 is 2.45 bits per heavy atom. The number of carboxylic acid groups (broad SMARTS) is 1. The van der Waals surface area contributed by atoms with Gasteiger partial charge in [0.15, 0.2) is 0 Å². The van der Waals surface area contributed by atoms with Crippen molar-refractivity contribution in [3.05, 3.63) is 0 Å². The number of nitrogens with zero attached hydrogens (tertiary/aromatic N) is 2. The van der Waals surface area contributed by atoms with E-state index in [-0.39, 0.29) is 18.2 Å². The van der Waals surface area contributed by atoms with Crippen molar-refractivity contribution in [1.82, 2.24) is 9.80 Å². The summed E-state index contributed by atoms with van der Waals surface area (Å²) in [4.78, 5) is 26.7. The highest BCUT2D eigenvalue weighted by atomic mass is 16.6. The number of carboxylic acids is 1. The van der Waals surface area contributed by atoms with Gasteiger partial charge in [-0.15, -0.1) is 0 Å². The topological polar surface area (TPSA) is 79.3 Å². The molecule has 0 radical (unpaired) electrons. The first-order chi connectivity index (χ1) is 9.49. The number of rotatable bonds is 3. The fourth-order valence-electron chi connectivity index (χ4n) is 2.68. The zero-order valence-corrected chi connectivity index (χ0v) is 11.9. The minimum Gasteiger partial charge on any atom is -0.480 e. The molecule has 7 nitrogen and oxygen atoms in total. The Bertz CT molecular complexity index is 368. The van der Waals surface area contributed by atoms with Gasteiger partial charge in [0, 0.05) is 32.1 Å². The van der Waals surface area contributed by atoms with Crippen molar-refractivity contribution in [2.75, 3.05) is 32.8 Å². The third-order valence-electron chi connectivity index (χ3n) is 3.79. The Hall–Kier alpha value is -1.34. The first-order valence-corrected chi connectivity index (χ1v) is 7.01. The molecule has 0 saturated carbocycles. The molecule has 2 heterocycles. The van der Waals surface area contributed by atoms with Crippen molar-refractivity contribution in [1.29, 1.82) is 0 Å². The first-order valence-electron chi connectivity index (χ1n) is 7.01. The van der Waals surface area contributed by atoms with Crippen LogP contribution in [0, 0.1) is 0 Å². The second-order valence-corrected chi connectivity index (χ2v) is 5.49. The van der Waals surface area contributed by atoms with Gasteiger partial charge in [0.05, 0.1) is 13.2 Å². The predicted octanol–water partition coefficient (Wildman–Crippen LogP) is 0.391. The van der Waals surface area contributed by atoms with Gasteiger partial charge in [-0.3, -0.25) is 9.69 Å². The maximum absolute atomic E-state index is 12.0. The fraction of sp³-hybridized carbons (Fsp3) is 0.846. The molecular formula is C13H22N2O5. The van der Waals surface area contributed by atoms with E-state index in [0.717, 1.165) is 0 Å². The highest BCUT2D eigenvalue weighted by Gasteiger charge is 2.40. The smallest absolute Gasteiger partial charge is 0.410 e. The monoisotopic (exact) mass is 286 g/mol. The van der Waals surface area contributed by atoms with Gasteiger partial charge in [-0.1, -0.05) is 0 Å². The average molecular weight is 286 g/mol. The molecule has 0 aromatic heterocycles. The molecule has 2 fully saturated rings. The Labute approximate surface area is 118 Å². The molecule has 114 valence electrons. The van der Waals surface area contributed by atoms with Crippen LogP contribution in [0.2, 0.25) is 0 Å². The van der Waals surface area contributed by atoms with Crippen LogP contribution in [0.3, 0.4) is 0 Å². The molecule has 2 saturated heterocycles. The summed E-state index contributed by atoms with van der Waals surface area (Å²) in [7, 11) is 0. The lowest BCUT2D eigenvalue weighted by Gasteiger charge is -2.27. The first kappa shape index (κ1) is 15.1.